The van der Waals surface area contributed by atoms with Crippen LogP contribution in [0.3, 0.4) is 0 Å². The average molecular weight is 296 g/mol. The summed E-state index contributed by atoms with van der Waals surface area (Å²) in [5, 5.41) is 7.56. The van der Waals surface area contributed by atoms with Gasteiger partial charge in [-0.05, 0) is 42.8 Å². The molecule has 0 saturated heterocycles. The molecule has 2 aromatic carbocycles. The van der Waals surface area contributed by atoms with Crippen LogP contribution < -0.4 is 10.6 Å². The molecule has 0 unspecified atom stereocenters. The van der Waals surface area contributed by atoms with Crippen LogP contribution in [0.1, 0.15) is 31.2 Å². The van der Waals surface area contributed by atoms with Crippen molar-refractivity contribution in [1.29, 1.82) is 0 Å². The molecule has 21 heavy (non-hydrogen) atoms. The summed E-state index contributed by atoms with van der Waals surface area (Å²) in [4.78, 5) is 0. The molecular formula is C18H20N2S. The van der Waals surface area contributed by atoms with E-state index < -0.39 is 0 Å². The Kier molecular flexibility index (Phi) is 4.20. The van der Waals surface area contributed by atoms with E-state index in [9.17, 15) is 0 Å². The second kappa shape index (κ2) is 6.27. The normalized spacial score (nSPS) is 16.4. The fourth-order valence-electron chi connectivity index (χ4n) is 3.12. The lowest BCUT2D eigenvalue weighted by molar-refractivity contribution is 0.408. The quantitative estimate of drug-likeness (QED) is 0.819. The Bertz CT molecular complexity index is 589. The van der Waals surface area contributed by atoms with Gasteiger partial charge >= 0.3 is 0 Å². The van der Waals surface area contributed by atoms with Gasteiger partial charge in [0.05, 0.1) is 5.54 Å². The molecule has 1 aliphatic carbocycles. The topological polar surface area (TPSA) is 24.1 Å². The summed E-state index contributed by atoms with van der Waals surface area (Å²) in [5.41, 5.74) is 2.34. The third-order valence-corrected chi connectivity index (χ3v) is 4.37. The molecule has 2 N–H and O–H groups in total. The van der Waals surface area contributed by atoms with Gasteiger partial charge in [0.2, 0.25) is 0 Å². The molecule has 0 heterocycles. The Morgan fingerprint density at radius 2 is 1.43 bits per heavy atom. The highest BCUT2D eigenvalue weighted by Crippen LogP contribution is 2.38. The summed E-state index contributed by atoms with van der Waals surface area (Å²) < 4.78 is 0. The van der Waals surface area contributed by atoms with E-state index in [1.807, 2.05) is 30.3 Å². The van der Waals surface area contributed by atoms with Gasteiger partial charge in [0.1, 0.15) is 0 Å². The summed E-state index contributed by atoms with van der Waals surface area (Å²) in [7, 11) is 0. The maximum Gasteiger partial charge on any atom is 0.171 e. The largest absolute Gasteiger partial charge is 0.353 e. The van der Waals surface area contributed by atoms with E-state index in [-0.39, 0.29) is 5.54 Å². The summed E-state index contributed by atoms with van der Waals surface area (Å²) in [6, 6.07) is 20.7. The van der Waals surface area contributed by atoms with E-state index in [0.29, 0.717) is 5.11 Å². The highest BCUT2D eigenvalue weighted by molar-refractivity contribution is 7.80. The van der Waals surface area contributed by atoms with E-state index in [0.717, 1.165) is 18.5 Å². The number of nitrogens with one attached hydrogen (secondary N) is 2. The summed E-state index contributed by atoms with van der Waals surface area (Å²) >= 11 is 5.52. The molecule has 2 nitrogen and oxygen atoms in total. The van der Waals surface area contributed by atoms with E-state index in [4.69, 9.17) is 12.2 Å². The molecule has 0 amide bonds. The third-order valence-electron chi connectivity index (χ3n) is 4.17. The predicted octanol–water partition coefficient (Wildman–Crippen LogP) is 4.44. The zero-order chi connectivity index (χ0) is 14.5. The predicted molar refractivity (Wildman–Crippen MR) is 92.4 cm³/mol. The Labute approximate surface area is 131 Å². The van der Waals surface area contributed by atoms with Crippen molar-refractivity contribution in [1.82, 2.24) is 5.32 Å². The van der Waals surface area contributed by atoms with Crippen molar-refractivity contribution in [2.45, 2.75) is 31.2 Å². The second-order valence-electron chi connectivity index (χ2n) is 5.60. The fraction of sp³-hybridized carbons (Fsp3) is 0.278. The van der Waals surface area contributed by atoms with Gasteiger partial charge in [0, 0.05) is 5.69 Å². The lowest BCUT2D eigenvalue weighted by Gasteiger charge is -2.32. The molecule has 3 heteroatoms. The number of para-hydroxylation sites is 1. The van der Waals surface area contributed by atoms with Crippen LogP contribution in [0.5, 0.6) is 0 Å². The van der Waals surface area contributed by atoms with Crippen molar-refractivity contribution in [3.63, 3.8) is 0 Å². The monoisotopic (exact) mass is 296 g/mol. The third kappa shape index (κ3) is 3.24. The Morgan fingerprint density at radius 1 is 0.857 bits per heavy atom. The molecular weight excluding hydrogens is 276 g/mol. The molecule has 0 aliphatic heterocycles. The van der Waals surface area contributed by atoms with Crippen LogP contribution in [0, 0.1) is 0 Å². The second-order valence-corrected chi connectivity index (χ2v) is 6.01. The summed E-state index contributed by atoms with van der Waals surface area (Å²) in [6.45, 7) is 0. The first-order valence-corrected chi connectivity index (χ1v) is 7.89. The molecule has 0 atom stereocenters. The highest BCUT2D eigenvalue weighted by atomic mass is 32.1. The number of benzene rings is 2. The fourth-order valence-corrected chi connectivity index (χ4v) is 3.44. The molecule has 1 saturated carbocycles. The van der Waals surface area contributed by atoms with Crippen molar-refractivity contribution < 1.29 is 0 Å². The number of anilines is 1. The van der Waals surface area contributed by atoms with Gasteiger partial charge in [-0.3, -0.25) is 0 Å². The summed E-state index contributed by atoms with van der Waals surface area (Å²) in [6.07, 6.45) is 4.76. The number of hydrogen-bond donors (Lipinski definition) is 2. The van der Waals surface area contributed by atoms with Crippen molar-refractivity contribution in [3.8, 4) is 0 Å². The smallest absolute Gasteiger partial charge is 0.171 e. The van der Waals surface area contributed by atoms with Crippen LogP contribution in [0.25, 0.3) is 0 Å². The first-order valence-electron chi connectivity index (χ1n) is 7.48. The van der Waals surface area contributed by atoms with Crippen LogP contribution in [0.15, 0.2) is 60.7 Å². The van der Waals surface area contributed by atoms with Crippen molar-refractivity contribution in [2.75, 3.05) is 5.32 Å². The van der Waals surface area contributed by atoms with E-state index >= 15 is 0 Å². The minimum atomic E-state index is -0.0138. The zero-order valence-corrected chi connectivity index (χ0v) is 12.8. The van der Waals surface area contributed by atoms with Gasteiger partial charge in [-0.15, -0.1) is 0 Å². The average Bonchev–Trinajstić information content (AvgIpc) is 2.99. The Balaban J connectivity index is 1.75. The van der Waals surface area contributed by atoms with E-state index in [1.165, 1.54) is 18.4 Å². The van der Waals surface area contributed by atoms with Crippen LogP contribution in [-0.4, -0.2) is 5.11 Å². The Hall–Kier alpha value is -1.87. The van der Waals surface area contributed by atoms with Gasteiger partial charge < -0.3 is 10.6 Å². The van der Waals surface area contributed by atoms with Crippen molar-refractivity contribution >= 4 is 23.0 Å². The first kappa shape index (κ1) is 14.1. The van der Waals surface area contributed by atoms with Gasteiger partial charge in [0.25, 0.3) is 0 Å². The number of hydrogen-bond acceptors (Lipinski definition) is 1. The van der Waals surface area contributed by atoms with Gasteiger partial charge in [-0.25, -0.2) is 0 Å². The first-order chi connectivity index (χ1) is 10.3. The van der Waals surface area contributed by atoms with E-state index in [2.05, 4.69) is 41.0 Å². The van der Waals surface area contributed by atoms with Gasteiger partial charge in [-0.2, -0.15) is 0 Å². The van der Waals surface area contributed by atoms with Crippen molar-refractivity contribution in [2.24, 2.45) is 0 Å². The van der Waals surface area contributed by atoms with Crippen LogP contribution in [0.4, 0.5) is 5.69 Å². The maximum absolute atomic E-state index is 5.52. The van der Waals surface area contributed by atoms with Gasteiger partial charge in [0.15, 0.2) is 5.11 Å². The zero-order valence-electron chi connectivity index (χ0n) is 12.0. The molecule has 0 radical (unpaired) electrons. The minimum Gasteiger partial charge on any atom is -0.353 e. The number of thiocarbonyl (C=S) groups is 1. The van der Waals surface area contributed by atoms with Crippen molar-refractivity contribution in [3.05, 3.63) is 66.2 Å². The lowest BCUT2D eigenvalue weighted by Crippen LogP contribution is -2.45. The molecule has 1 fully saturated rings. The molecule has 0 aromatic heterocycles. The number of rotatable bonds is 3. The standard InChI is InChI=1S/C18H20N2S/c21-17(19-16-11-5-2-6-12-16)20-18(13-7-8-14-18)15-9-3-1-4-10-15/h1-6,9-12H,7-8,13-14H2,(H2,19,20,21). The maximum atomic E-state index is 5.52. The lowest BCUT2D eigenvalue weighted by atomic mass is 9.88. The molecule has 1 aliphatic rings. The summed E-state index contributed by atoms with van der Waals surface area (Å²) in [5.74, 6) is 0. The van der Waals surface area contributed by atoms with Crippen LogP contribution in [-0.2, 0) is 5.54 Å². The molecule has 3 rings (SSSR count). The van der Waals surface area contributed by atoms with Gasteiger partial charge in [-0.1, -0.05) is 61.4 Å². The molecule has 0 spiro atoms. The molecule has 0 bridgehead atoms. The minimum absolute atomic E-state index is 0.0138. The van der Waals surface area contributed by atoms with E-state index in [1.54, 1.807) is 0 Å². The van der Waals surface area contributed by atoms with Crippen LogP contribution >= 0.6 is 12.2 Å². The van der Waals surface area contributed by atoms with Crippen LogP contribution in [0.2, 0.25) is 0 Å². The molecule has 2 aromatic rings. The molecule has 108 valence electrons. The SMILES string of the molecule is S=C(Nc1ccccc1)NC1(c2ccccc2)CCCC1. The highest BCUT2D eigenvalue weighted by Gasteiger charge is 2.35. The Morgan fingerprint density at radius 3 is 2.05 bits per heavy atom.